The van der Waals surface area contributed by atoms with E-state index in [9.17, 15) is 9.90 Å². The molecule has 17 heavy (non-hydrogen) atoms. The number of nitrogens with zero attached hydrogens (tertiary/aromatic N) is 1. The summed E-state index contributed by atoms with van der Waals surface area (Å²) in [5.74, 6) is 0. The Bertz CT molecular complexity index is 287. The third-order valence-corrected chi connectivity index (χ3v) is 3.00. The van der Waals surface area contributed by atoms with Crippen LogP contribution in [0.25, 0.3) is 0 Å². The topological polar surface area (TPSA) is 59.0 Å². The first kappa shape index (κ1) is 14.3. The molecule has 1 aliphatic rings. The molecule has 100 valence electrons. The zero-order valence-corrected chi connectivity index (χ0v) is 11.3. The van der Waals surface area contributed by atoms with Crippen molar-refractivity contribution < 1.29 is 19.4 Å². The van der Waals surface area contributed by atoms with E-state index < -0.39 is 17.3 Å². The molecular weight excluding hydrogens is 222 g/mol. The molecule has 1 aliphatic heterocycles. The normalized spacial score (nSPS) is 30.2. The van der Waals surface area contributed by atoms with Crippen LogP contribution in [0.2, 0.25) is 0 Å². The Morgan fingerprint density at radius 1 is 1.47 bits per heavy atom. The molecule has 1 amide bonds. The highest BCUT2D eigenvalue weighted by molar-refractivity contribution is 5.68. The molecule has 0 saturated carbocycles. The highest BCUT2D eigenvalue weighted by Crippen LogP contribution is 2.25. The maximum absolute atomic E-state index is 11.9. The lowest BCUT2D eigenvalue weighted by atomic mass is 9.91. The van der Waals surface area contributed by atoms with Gasteiger partial charge in [-0.2, -0.15) is 0 Å². The van der Waals surface area contributed by atoms with E-state index in [1.807, 2.05) is 20.8 Å². The number of carbonyl (C=O) groups excluding carboxylic acids is 1. The summed E-state index contributed by atoms with van der Waals surface area (Å²) in [6.45, 7) is 8.14. The molecule has 0 aromatic carbocycles. The summed E-state index contributed by atoms with van der Waals surface area (Å²) in [5.41, 5.74) is -1.22. The molecule has 1 N–H and O–H groups in total. The first-order chi connectivity index (χ1) is 7.68. The lowest BCUT2D eigenvalue weighted by Crippen LogP contribution is -2.58. The van der Waals surface area contributed by atoms with Crippen LogP contribution >= 0.6 is 0 Å². The van der Waals surface area contributed by atoms with Gasteiger partial charge in [-0.1, -0.05) is 0 Å². The van der Waals surface area contributed by atoms with Gasteiger partial charge in [-0.15, -0.1) is 0 Å². The predicted octanol–water partition coefficient (Wildman–Crippen LogP) is 1.39. The summed E-state index contributed by atoms with van der Waals surface area (Å²) in [6, 6.07) is 0. The van der Waals surface area contributed by atoms with Crippen molar-refractivity contribution in [2.75, 3.05) is 20.2 Å². The summed E-state index contributed by atoms with van der Waals surface area (Å²) in [6.07, 6.45) is -0.400. The number of amides is 1. The highest BCUT2D eigenvalue weighted by atomic mass is 16.6. The number of ether oxygens (including phenoxy) is 2. The largest absolute Gasteiger partial charge is 0.444 e. The van der Waals surface area contributed by atoms with Crippen LogP contribution in [0.1, 0.15) is 34.1 Å². The van der Waals surface area contributed by atoms with Crippen LogP contribution in [0.15, 0.2) is 0 Å². The quantitative estimate of drug-likeness (QED) is 0.758. The fourth-order valence-electron chi connectivity index (χ4n) is 1.83. The maximum atomic E-state index is 11.9. The van der Waals surface area contributed by atoms with Gasteiger partial charge >= 0.3 is 6.09 Å². The molecule has 2 atom stereocenters. The lowest BCUT2D eigenvalue weighted by molar-refractivity contribution is -0.129. The van der Waals surface area contributed by atoms with Crippen molar-refractivity contribution in [3.8, 4) is 0 Å². The lowest BCUT2D eigenvalue weighted by Gasteiger charge is -2.42. The van der Waals surface area contributed by atoms with Crippen molar-refractivity contribution in [1.82, 2.24) is 4.90 Å². The van der Waals surface area contributed by atoms with E-state index in [4.69, 9.17) is 9.47 Å². The second kappa shape index (κ2) is 4.82. The summed E-state index contributed by atoms with van der Waals surface area (Å²) in [5, 5.41) is 9.86. The van der Waals surface area contributed by atoms with E-state index in [0.717, 1.165) is 0 Å². The number of hydrogen-bond donors (Lipinski definition) is 1. The van der Waals surface area contributed by atoms with Crippen molar-refractivity contribution in [2.45, 2.75) is 51.4 Å². The summed E-state index contributed by atoms with van der Waals surface area (Å²) >= 11 is 0. The van der Waals surface area contributed by atoms with E-state index in [-0.39, 0.29) is 6.09 Å². The Morgan fingerprint density at radius 3 is 2.53 bits per heavy atom. The van der Waals surface area contributed by atoms with Crippen molar-refractivity contribution in [2.24, 2.45) is 0 Å². The van der Waals surface area contributed by atoms with Crippen molar-refractivity contribution in [3.05, 3.63) is 0 Å². The molecule has 1 saturated heterocycles. The summed E-state index contributed by atoms with van der Waals surface area (Å²) in [7, 11) is 1.54. The smallest absolute Gasteiger partial charge is 0.410 e. The number of aliphatic hydroxyl groups excluding tert-OH is 1. The van der Waals surface area contributed by atoms with E-state index >= 15 is 0 Å². The molecular formula is C12H23NO4. The zero-order chi connectivity index (χ0) is 13.3. The molecule has 5 heteroatoms. The van der Waals surface area contributed by atoms with Gasteiger partial charge in [0.05, 0.1) is 12.6 Å². The maximum Gasteiger partial charge on any atom is 0.410 e. The first-order valence-electron chi connectivity index (χ1n) is 5.89. The molecule has 5 nitrogen and oxygen atoms in total. The molecule has 0 bridgehead atoms. The van der Waals surface area contributed by atoms with E-state index in [0.29, 0.717) is 19.5 Å². The Kier molecular flexibility index (Phi) is 4.04. The SMILES string of the molecule is CO[C@@]1(C)CN(C(=O)OC(C)(C)C)CC[C@H]1O. The standard InChI is InChI=1S/C12H23NO4/c1-11(2,3)17-10(15)13-7-6-9(14)12(4,8-13)16-5/h9,14H,6-8H2,1-5H3/t9-,12+/m1/s1. The van der Waals surface area contributed by atoms with Gasteiger partial charge in [-0.25, -0.2) is 4.79 Å². The van der Waals surface area contributed by atoms with Gasteiger partial charge in [0.15, 0.2) is 0 Å². The minimum atomic E-state index is -0.713. The number of methoxy groups -OCH3 is 1. The average molecular weight is 245 g/mol. The summed E-state index contributed by atoms with van der Waals surface area (Å²) < 4.78 is 10.6. The molecule has 1 rings (SSSR count). The van der Waals surface area contributed by atoms with Gasteiger partial charge in [0, 0.05) is 13.7 Å². The Labute approximate surface area is 103 Å². The third kappa shape index (κ3) is 3.57. The van der Waals surface area contributed by atoms with Crippen LogP contribution in [-0.2, 0) is 9.47 Å². The van der Waals surface area contributed by atoms with Crippen LogP contribution in [-0.4, -0.2) is 53.6 Å². The molecule has 0 unspecified atom stereocenters. The molecule has 1 heterocycles. The molecule has 0 aromatic heterocycles. The average Bonchev–Trinajstić information content (AvgIpc) is 2.19. The van der Waals surface area contributed by atoms with Crippen LogP contribution in [0, 0.1) is 0 Å². The van der Waals surface area contributed by atoms with Crippen LogP contribution < -0.4 is 0 Å². The predicted molar refractivity (Wildman–Crippen MR) is 63.8 cm³/mol. The molecule has 0 radical (unpaired) electrons. The fourth-order valence-corrected chi connectivity index (χ4v) is 1.83. The van der Waals surface area contributed by atoms with Gasteiger partial charge < -0.3 is 19.5 Å². The van der Waals surface area contributed by atoms with Gasteiger partial charge in [0.1, 0.15) is 11.2 Å². The second-order valence-corrected chi connectivity index (χ2v) is 5.72. The molecule has 0 spiro atoms. The van der Waals surface area contributed by atoms with Crippen molar-refractivity contribution in [3.63, 3.8) is 0 Å². The van der Waals surface area contributed by atoms with Crippen molar-refractivity contribution >= 4 is 6.09 Å². The Hall–Kier alpha value is -0.810. The second-order valence-electron chi connectivity index (χ2n) is 5.72. The molecule has 0 aromatic rings. The van der Waals surface area contributed by atoms with Gasteiger partial charge in [0.25, 0.3) is 0 Å². The minimum absolute atomic E-state index is 0.347. The number of aliphatic hydroxyl groups is 1. The number of rotatable bonds is 1. The Balaban J connectivity index is 2.66. The number of likely N-dealkylation sites (tertiary alicyclic amines) is 1. The molecule has 0 aliphatic carbocycles. The van der Waals surface area contributed by atoms with E-state index in [1.54, 1.807) is 18.9 Å². The first-order valence-corrected chi connectivity index (χ1v) is 5.89. The van der Waals surface area contributed by atoms with Crippen molar-refractivity contribution in [1.29, 1.82) is 0 Å². The molecule has 1 fully saturated rings. The fraction of sp³-hybridized carbons (Fsp3) is 0.917. The van der Waals surface area contributed by atoms with Gasteiger partial charge in [-0.3, -0.25) is 0 Å². The zero-order valence-electron chi connectivity index (χ0n) is 11.3. The van der Waals surface area contributed by atoms with Crippen LogP contribution in [0.4, 0.5) is 4.79 Å². The van der Waals surface area contributed by atoms with Gasteiger partial charge in [0.2, 0.25) is 0 Å². The Morgan fingerprint density at radius 2 is 2.06 bits per heavy atom. The third-order valence-electron chi connectivity index (χ3n) is 3.00. The monoisotopic (exact) mass is 245 g/mol. The minimum Gasteiger partial charge on any atom is -0.444 e. The summed E-state index contributed by atoms with van der Waals surface area (Å²) in [4.78, 5) is 13.5. The van der Waals surface area contributed by atoms with E-state index in [2.05, 4.69) is 0 Å². The van der Waals surface area contributed by atoms with Crippen LogP contribution in [0.5, 0.6) is 0 Å². The number of hydrogen-bond acceptors (Lipinski definition) is 4. The van der Waals surface area contributed by atoms with Crippen LogP contribution in [0.3, 0.4) is 0 Å². The highest BCUT2D eigenvalue weighted by Gasteiger charge is 2.41. The number of carbonyl (C=O) groups is 1. The number of piperidine rings is 1. The van der Waals surface area contributed by atoms with E-state index in [1.165, 1.54) is 0 Å². The van der Waals surface area contributed by atoms with Gasteiger partial charge in [-0.05, 0) is 34.1 Å².